The lowest BCUT2D eigenvalue weighted by atomic mass is 10.3. The van der Waals surface area contributed by atoms with Crippen molar-refractivity contribution in [2.75, 3.05) is 19.0 Å². The molecular formula is C14H17BrClN3O. The zero-order chi connectivity index (χ0) is 14.7. The molecule has 1 atom stereocenters. The molecule has 0 bridgehead atoms. The molecule has 0 aliphatic carbocycles. The fourth-order valence-electron chi connectivity index (χ4n) is 1.94. The lowest BCUT2D eigenvalue weighted by Gasteiger charge is -2.15. The summed E-state index contributed by atoms with van der Waals surface area (Å²) in [5.74, 6) is 0.793. The minimum atomic E-state index is 0.177. The topological polar surface area (TPSA) is 39.1 Å². The quantitative estimate of drug-likeness (QED) is 0.876. The normalized spacial score (nSPS) is 12.4. The van der Waals surface area contributed by atoms with Gasteiger partial charge in [-0.1, -0.05) is 11.6 Å². The average Bonchev–Trinajstić information content (AvgIpc) is 2.74. The van der Waals surface area contributed by atoms with E-state index in [1.807, 2.05) is 35.9 Å². The van der Waals surface area contributed by atoms with Crippen LogP contribution in [-0.4, -0.2) is 29.3 Å². The standard InChI is InChI=1S/C14H17BrClN3O/c1-9-7-19(11-4-5-13(16)12(15)6-11)14(17-9)18-10(2)8-20-3/h4-7,10H,8H2,1-3H3,(H,17,18). The van der Waals surface area contributed by atoms with Crippen LogP contribution >= 0.6 is 27.5 Å². The Morgan fingerprint density at radius 2 is 2.25 bits per heavy atom. The molecule has 1 N–H and O–H groups in total. The van der Waals surface area contributed by atoms with E-state index >= 15 is 0 Å². The molecule has 2 aromatic rings. The summed E-state index contributed by atoms with van der Waals surface area (Å²) in [5.41, 5.74) is 1.94. The summed E-state index contributed by atoms with van der Waals surface area (Å²) in [6.45, 7) is 4.64. The van der Waals surface area contributed by atoms with E-state index in [0.717, 1.165) is 21.8 Å². The van der Waals surface area contributed by atoms with Crippen LogP contribution in [0.1, 0.15) is 12.6 Å². The number of aromatic nitrogens is 2. The molecule has 6 heteroatoms. The Morgan fingerprint density at radius 1 is 1.50 bits per heavy atom. The Bertz CT molecular complexity index is 600. The zero-order valence-corrected chi connectivity index (χ0v) is 14.0. The highest BCUT2D eigenvalue weighted by molar-refractivity contribution is 9.10. The molecule has 1 heterocycles. The minimum Gasteiger partial charge on any atom is -0.383 e. The second kappa shape index (κ2) is 6.61. The van der Waals surface area contributed by atoms with Gasteiger partial charge in [-0.2, -0.15) is 0 Å². The van der Waals surface area contributed by atoms with Crippen LogP contribution in [0, 0.1) is 6.92 Å². The molecule has 4 nitrogen and oxygen atoms in total. The van der Waals surface area contributed by atoms with Crippen LogP contribution in [0.4, 0.5) is 5.95 Å². The summed E-state index contributed by atoms with van der Waals surface area (Å²) in [4.78, 5) is 4.51. The maximum atomic E-state index is 6.03. The summed E-state index contributed by atoms with van der Waals surface area (Å²) in [6, 6.07) is 5.96. The van der Waals surface area contributed by atoms with Gasteiger partial charge in [0.05, 0.1) is 17.3 Å². The van der Waals surface area contributed by atoms with E-state index in [1.165, 1.54) is 0 Å². The van der Waals surface area contributed by atoms with Crippen LogP contribution in [0.3, 0.4) is 0 Å². The van der Waals surface area contributed by atoms with Crippen LogP contribution in [0.25, 0.3) is 5.69 Å². The van der Waals surface area contributed by atoms with E-state index in [4.69, 9.17) is 16.3 Å². The number of methoxy groups -OCH3 is 1. The van der Waals surface area contributed by atoms with Crippen LogP contribution in [0.15, 0.2) is 28.9 Å². The number of imidazole rings is 1. The molecule has 0 aliphatic heterocycles. The van der Waals surface area contributed by atoms with Crippen molar-refractivity contribution in [3.05, 3.63) is 39.6 Å². The summed E-state index contributed by atoms with van der Waals surface area (Å²) < 4.78 is 8.00. The summed E-state index contributed by atoms with van der Waals surface area (Å²) in [7, 11) is 1.69. The van der Waals surface area contributed by atoms with Crippen molar-refractivity contribution in [3.8, 4) is 5.69 Å². The lowest BCUT2D eigenvalue weighted by molar-refractivity contribution is 0.190. The highest BCUT2D eigenvalue weighted by Crippen LogP contribution is 2.26. The number of ether oxygens (including phenoxy) is 1. The van der Waals surface area contributed by atoms with E-state index in [2.05, 4.69) is 33.2 Å². The molecular weight excluding hydrogens is 342 g/mol. The Kier molecular flexibility index (Phi) is 5.07. The number of benzene rings is 1. The number of rotatable bonds is 5. The number of hydrogen-bond acceptors (Lipinski definition) is 3. The van der Waals surface area contributed by atoms with Gasteiger partial charge in [0.1, 0.15) is 0 Å². The SMILES string of the molecule is COCC(C)Nc1nc(C)cn1-c1ccc(Cl)c(Br)c1. The molecule has 108 valence electrons. The van der Waals surface area contributed by atoms with Crippen molar-refractivity contribution in [1.29, 1.82) is 0 Å². The first-order chi connectivity index (χ1) is 9.51. The summed E-state index contributed by atoms with van der Waals surface area (Å²) in [5, 5.41) is 4.03. The molecule has 0 saturated carbocycles. The van der Waals surface area contributed by atoms with Crippen molar-refractivity contribution < 1.29 is 4.74 Å². The number of hydrogen-bond donors (Lipinski definition) is 1. The third kappa shape index (κ3) is 3.53. The van der Waals surface area contributed by atoms with Crippen molar-refractivity contribution in [1.82, 2.24) is 9.55 Å². The zero-order valence-electron chi connectivity index (χ0n) is 11.7. The van der Waals surface area contributed by atoms with Gasteiger partial charge in [-0.25, -0.2) is 4.98 Å². The number of aryl methyl sites for hydroxylation is 1. The van der Waals surface area contributed by atoms with E-state index in [-0.39, 0.29) is 6.04 Å². The average molecular weight is 359 g/mol. The molecule has 1 unspecified atom stereocenters. The number of anilines is 1. The van der Waals surface area contributed by atoms with Gasteiger partial charge in [0, 0.05) is 29.5 Å². The monoisotopic (exact) mass is 357 g/mol. The summed E-state index contributed by atoms with van der Waals surface area (Å²) >= 11 is 9.48. The van der Waals surface area contributed by atoms with Crippen LogP contribution < -0.4 is 5.32 Å². The van der Waals surface area contributed by atoms with Gasteiger partial charge in [0.25, 0.3) is 0 Å². The predicted octanol–water partition coefficient (Wildman–Crippen LogP) is 4.04. The molecule has 0 spiro atoms. The lowest BCUT2D eigenvalue weighted by Crippen LogP contribution is -2.22. The maximum absolute atomic E-state index is 6.03. The molecule has 20 heavy (non-hydrogen) atoms. The predicted molar refractivity (Wildman–Crippen MR) is 86.0 cm³/mol. The van der Waals surface area contributed by atoms with Gasteiger partial charge < -0.3 is 10.1 Å². The van der Waals surface area contributed by atoms with E-state index in [1.54, 1.807) is 7.11 Å². The third-order valence-corrected chi connectivity index (χ3v) is 4.01. The first-order valence-corrected chi connectivity index (χ1v) is 7.45. The number of halogens is 2. The van der Waals surface area contributed by atoms with Crippen molar-refractivity contribution in [2.24, 2.45) is 0 Å². The van der Waals surface area contributed by atoms with Gasteiger partial charge in [0.15, 0.2) is 0 Å². The second-order valence-electron chi connectivity index (χ2n) is 4.68. The smallest absolute Gasteiger partial charge is 0.208 e. The summed E-state index contributed by atoms with van der Waals surface area (Å²) in [6.07, 6.45) is 1.98. The molecule has 0 fully saturated rings. The van der Waals surface area contributed by atoms with Gasteiger partial charge in [-0.05, 0) is 48.0 Å². The molecule has 0 radical (unpaired) electrons. The van der Waals surface area contributed by atoms with E-state index in [0.29, 0.717) is 11.6 Å². The van der Waals surface area contributed by atoms with Gasteiger partial charge >= 0.3 is 0 Å². The van der Waals surface area contributed by atoms with Crippen LogP contribution in [0.5, 0.6) is 0 Å². The Labute approximate surface area is 132 Å². The third-order valence-electron chi connectivity index (χ3n) is 2.80. The van der Waals surface area contributed by atoms with E-state index in [9.17, 15) is 0 Å². The largest absolute Gasteiger partial charge is 0.383 e. The van der Waals surface area contributed by atoms with Gasteiger partial charge in [-0.3, -0.25) is 4.57 Å². The Balaban J connectivity index is 2.33. The molecule has 1 aromatic carbocycles. The minimum absolute atomic E-state index is 0.177. The molecule has 0 amide bonds. The molecule has 2 rings (SSSR count). The molecule has 0 saturated heterocycles. The molecule has 1 aromatic heterocycles. The van der Waals surface area contributed by atoms with Crippen LogP contribution in [-0.2, 0) is 4.74 Å². The fourth-order valence-corrected chi connectivity index (χ4v) is 2.43. The fraction of sp³-hybridized carbons (Fsp3) is 0.357. The molecule has 0 aliphatic rings. The van der Waals surface area contributed by atoms with Crippen LogP contribution in [0.2, 0.25) is 5.02 Å². The van der Waals surface area contributed by atoms with Gasteiger partial charge in [-0.15, -0.1) is 0 Å². The number of nitrogens with zero attached hydrogens (tertiary/aromatic N) is 2. The Morgan fingerprint density at radius 3 is 2.90 bits per heavy atom. The maximum Gasteiger partial charge on any atom is 0.208 e. The second-order valence-corrected chi connectivity index (χ2v) is 5.94. The highest BCUT2D eigenvalue weighted by Gasteiger charge is 2.11. The van der Waals surface area contributed by atoms with Gasteiger partial charge in [0.2, 0.25) is 5.95 Å². The first kappa shape index (κ1) is 15.4. The Hall–Kier alpha value is -1.04. The van der Waals surface area contributed by atoms with E-state index < -0.39 is 0 Å². The highest BCUT2D eigenvalue weighted by atomic mass is 79.9. The number of nitrogens with one attached hydrogen (secondary N) is 1. The van der Waals surface area contributed by atoms with Crippen molar-refractivity contribution in [3.63, 3.8) is 0 Å². The van der Waals surface area contributed by atoms with Crippen molar-refractivity contribution >= 4 is 33.5 Å². The first-order valence-electron chi connectivity index (χ1n) is 6.28. The van der Waals surface area contributed by atoms with Crippen molar-refractivity contribution in [2.45, 2.75) is 19.9 Å².